The number of rotatable bonds is 5. The van der Waals surface area contributed by atoms with E-state index in [1.165, 1.54) is 17.0 Å². The molecule has 0 aliphatic carbocycles. The summed E-state index contributed by atoms with van der Waals surface area (Å²) in [5.41, 5.74) is 3.01. The highest BCUT2D eigenvalue weighted by molar-refractivity contribution is 7.20. The molecule has 0 N–H and O–H groups in total. The summed E-state index contributed by atoms with van der Waals surface area (Å²) in [6.07, 6.45) is 0. The molecule has 0 radical (unpaired) electrons. The van der Waals surface area contributed by atoms with Crippen molar-refractivity contribution in [3.63, 3.8) is 0 Å². The molecule has 0 amide bonds. The van der Waals surface area contributed by atoms with Gasteiger partial charge in [-0.05, 0) is 41.8 Å². The lowest BCUT2D eigenvalue weighted by atomic mass is 10.1. The van der Waals surface area contributed by atoms with Crippen LogP contribution in [0.25, 0.3) is 10.2 Å². The molecule has 0 atom stereocenters. The predicted molar refractivity (Wildman–Crippen MR) is 134 cm³/mol. The summed E-state index contributed by atoms with van der Waals surface area (Å²) in [5, 5.41) is 1.07. The number of anilines is 2. The van der Waals surface area contributed by atoms with E-state index in [1.807, 2.05) is 43.3 Å². The minimum absolute atomic E-state index is 0.188. The minimum atomic E-state index is -0.352. The van der Waals surface area contributed by atoms with Crippen LogP contribution in [0.2, 0.25) is 5.28 Å². The summed E-state index contributed by atoms with van der Waals surface area (Å²) in [4.78, 5) is 27.7. The molecule has 33 heavy (non-hydrogen) atoms. The highest BCUT2D eigenvalue weighted by atomic mass is 35.5. The van der Waals surface area contributed by atoms with Crippen molar-refractivity contribution in [1.29, 1.82) is 0 Å². The molecule has 0 spiro atoms. The normalized spacial score (nSPS) is 14.0. The van der Waals surface area contributed by atoms with Crippen LogP contribution in [0.1, 0.15) is 20.8 Å². The number of piperazine rings is 1. The van der Waals surface area contributed by atoms with Crippen molar-refractivity contribution in [2.75, 3.05) is 36.0 Å². The highest BCUT2D eigenvalue weighted by Gasteiger charge is 2.26. The molecule has 3 heterocycles. The van der Waals surface area contributed by atoms with Crippen molar-refractivity contribution in [3.05, 3.63) is 82.0 Å². The third-order valence-electron chi connectivity index (χ3n) is 5.84. The maximum absolute atomic E-state index is 12.9. The number of benzene rings is 2. The van der Waals surface area contributed by atoms with E-state index < -0.39 is 0 Å². The lowest BCUT2D eigenvalue weighted by Crippen LogP contribution is -2.47. The number of fused-ring (bicyclic) bond motifs is 1. The van der Waals surface area contributed by atoms with Gasteiger partial charge in [-0.2, -0.15) is 4.98 Å². The monoisotopic (exact) mass is 478 g/mol. The third-order valence-corrected chi connectivity index (χ3v) is 7.18. The number of carbonyl (C=O) groups is 1. The smallest absolute Gasteiger partial charge is 0.349 e. The van der Waals surface area contributed by atoms with Crippen LogP contribution < -0.4 is 9.80 Å². The van der Waals surface area contributed by atoms with Gasteiger partial charge in [0.1, 0.15) is 22.1 Å². The lowest BCUT2D eigenvalue weighted by Gasteiger charge is -2.37. The van der Waals surface area contributed by atoms with Crippen molar-refractivity contribution in [2.45, 2.75) is 13.5 Å². The van der Waals surface area contributed by atoms with Gasteiger partial charge in [-0.25, -0.2) is 9.78 Å². The second-order valence-electron chi connectivity index (χ2n) is 7.92. The number of ether oxygens (including phenoxy) is 1. The molecule has 1 saturated heterocycles. The second kappa shape index (κ2) is 9.37. The van der Waals surface area contributed by atoms with Crippen LogP contribution in [0, 0.1) is 6.92 Å². The number of aromatic nitrogens is 2. The van der Waals surface area contributed by atoms with Gasteiger partial charge in [-0.3, -0.25) is 0 Å². The van der Waals surface area contributed by atoms with E-state index in [4.69, 9.17) is 16.3 Å². The zero-order valence-corrected chi connectivity index (χ0v) is 19.8. The van der Waals surface area contributed by atoms with Gasteiger partial charge in [-0.15, -0.1) is 11.3 Å². The molecule has 1 aliphatic heterocycles. The number of hydrogen-bond donors (Lipinski definition) is 0. The molecule has 0 saturated carbocycles. The Balaban J connectivity index is 1.38. The summed E-state index contributed by atoms with van der Waals surface area (Å²) in [6, 6.07) is 20.1. The molecule has 8 heteroatoms. The van der Waals surface area contributed by atoms with E-state index in [1.54, 1.807) is 0 Å². The van der Waals surface area contributed by atoms with Gasteiger partial charge in [0.15, 0.2) is 0 Å². The number of halogens is 1. The second-order valence-corrected chi connectivity index (χ2v) is 9.26. The van der Waals surface area contributed by atoms with E-state index in [9.17, 15) is 4.79 Å². The average molecular weight is 479 g/mol. The van der Waals surface area contributed by atoms with Gasteiger partial charge in [0.05, 0.1) is 5.39 Å². The first kappa shape index (κ1) is 21.7. The standard InChI is InChI=1S/C25H23ClN4O2S/c1-17-20-22(30-14-12-29(13-15-30)19-10-6-3-7-11-19)27-25(26)28-23(20)33-21(17)24(31)32-16-18-8-4-2-5-9-18/h2-11H,12-16H2,1H3. The van der Waals surface area contributed by atoms with Gasteiger partial charge in [0, 0.05) is 31.9 Å². The van der Waals surface area contributed by atoms with Gasteiger partial charge in [-0.1, -0.05) is 48.5 Å². The van der Waals surface area contributed by atoms with Gasteiger partial charge < -0.3 is 14.5 Å². The lowest BCUT2D eigenvalue weighted by molar-refractivity contribution is 0.0478. The highest BCUT2D eigenvalue weighted by Crippen LogP contribution is 2.37. The zero-order valence-electron chi connectivity index (χ0n) is 18.2. The van der Waals surface area contributed by atoms with Crippen molar-refractivity contribution in [2.24, 2.45) is 0 Å². The summed E-state index contributed by atoms with van der Waals surface area (Å²) in [7, 11) is 0. The Labute approximate surface area is 201 Å². The first-order chi connectivity index (χ1) is 16.1. The summed E-state index contributed by atoms with van der Waals surface area (Å²) < 4.78 is 5.57. The predicted octanol–water partition coefficient (Wildman–Crippen LogP) is 5.34. The summed E-state index contributed by atoms with van der Waals surface area (Å²) >= 11 is 7.59. The topological polar surface area (TPSA) is 58.6 Å². The Morgan fingerprint density at radius 3 is 2.30 bits per heavy atom. The molecule has 1 aliphatic rings. The molecule has 4 aromatic rings. The van der Waals surface area contributed by atoms with Crippen LogP contribution in [-0.4, -0.2) is 42.1 Å². The first-order valence-electron chi connectivity index (χ1n) is 10.8. The molecule has 0 bridgehead atoms. The van der Waals surface area contributed by atoms with Crippen LogP contribution in [0.5, 0.6) is 0 Å². The fourth-order valence-electron chi connectivity index (χ4n) is 4.12. The number of thiophene rings is 1. The summed E-state index contributed by atoms with van der Waals surface area (Å²) in [5.74, 6) is 0.434. The van der Waals surface area contributed by atoms with Crippen molar-refractivity contribution in [3.8, 4) is 0 Å². The SMILES string of the molecule is Cc1c(C(=O)OCc2ccccc2)sc2nc(Cl)nc(N3CCN(c4ccccc4)CC3)c12. The van der Waals surface area contributed by atoms with E-state index in [0.29, 0.717) is 9.71 Å². The Bertz CT molecular complexity index is 1270. The molecule has 0 unspecified atom stereocenters. The molecular weight excluding hydrogens is 456 g/mol. The molecule has 6 nitrogen and oxygen atoms in total. The van der Waals surface area contributed by atoms with Crippen molar-refractivity contribution >= 4 is 50.6 Å². The van der Waals surface area contributed by atoms with E-state index in [-0.39, 0.29) is 17.9 Å². The maximum Gasteiger partial charge on any atom is 0.349 e. The molecule has 1 fully saturated rings. The summed E-state index contributed by atoms with van der Waals surface area (Å²) in [6.45, 7) is 5.53. The van der Waals surface area contributed by atoms with Crippen molar-refractivity contribution in [1.82, 2.24) is 9.97 Å². The van der Waals surface area contributed by atoms with Crippen LogP contribution >= 0.6 is 22.9 Å². The number of aryl methyl sites for hydroxylation is 1. The number of carbonyl (C=O) groups excluding carboxylic acids is 1. The van der Waals surface area contributed by atoms with Crippen LogP contribution in [0.4, 0.5) is 11.5 Å². The zero-order chi connectivity index (χ0) is 22.8. The largest absolute Gasteiger partial charge is 0.457 e. The number of para-hydroxylation sites is 1. The number of nitrogens with zero attached hydrogens (tertiary/aromatic N) is 4. The Kier molecular flexibility index (Phi) is 6.15. The molecule has 2 aromatic heterocycles. The molecule has 2 aromatic carbocycles. The van der Waals surface area contributed by atoms with Crippen molar-refractivity contribution < 1.29 is 9.53 Å². The molecule has 168 valence electrons. The average Bonchev–Trinajstić information content (AvgIpc) is 3.19. The molecular formula is C25H23ClN4O2S. The Morgan fingerprint density at radius 2 is 1.61 bits per heavy atom. The minimum Gasteiger partial charge on any atom is -0.457 e. The Hall–Kier alpha value is -3.16. The van der Waals surface area contributed by atoms with Crippen LogP contribution in [0.3, 0.4) is 0 Å². The number of hydrogen-bond acceptors (Lipinski definition) is 7. The van der Waals surface area contributed by atoms with Gasteiger partial charge in [0.2, 0.25) is 5.28 Å². The third kappa shape index (κ3) is 4.51. The fraction of sp³-hybridized carbons (Fsp3) is 0.240. The van der Waals surface area contributed by atoms with Crippen LogP contribution in [-0.2, 0) is 11.3 Å². The van der Waals surface area contributed by atoms with Crippen LogP contribution in [0.15, 0.2) is 60.7 Å². The maximum atomic E-state index is 12.9. The van der Waals surface area contributed by atoms with E-state index >= 15 is 0 Å². The first-order valence-corrected chi connectivity index (χ1v) is 12.0. The Morgan fingerprint density at radius 1 is 0.970 bits per heavy atom. The molecule has 5 rings (SSSR count). The van der Waals surface area contributed by atoms with E-state index in [0.717, 1.165) is 48.5 Å². The van der Waals surface area contributed by atoms with E-state index in [2.05, 4.69) is 44.0 Å². The quantitative estimate of drug-likeness (QED) is 0.285. The van der Waals surface area contributed by atoms with Gasteiger partial charge >= 0.3 is 5.97 Å². The number of esters is 1. The van der Waals surface area contributed by atoms with Gasteiger partial charge in [0.25, 0.3) is 0 Å². The fourth-order valence-corrected chi connectivity index (χ4v) is 5.40.